The molecule has 0 heterocycles. The van der Waals surface area contributed by atoms with Crippen molar-refractivity contribution in [2.24, 2.45) is 0 Å². The largest absolute Gasteiger partial charge is 0.494 e. The van der Waals surface area contributed by atoms with Gasteiger partial charge in [0.2, 0.25) is 0 Å². The number of hydrogen-bond donors (Lipinski definition) is 0. The van der Waals surface area contributed by atoms with Crippen LogP contribution < -0.4 is 4.74 Å². The second-order valence-electron chi connectivity index (χ2n) is 8.32. The first-order valence-electron chi connectivity index (χ1n) is 14.2. The van der Waals surface area contributed by atoms with E-state index in [9.17, 15) is 0 Å². The molecule has 0 radical (unpaired) electrons. The summed E-state index contributed by atoms with van der Waals surface area (Å²) in [5, 5.41) is 0. The molecule has 3 aromatic carbocycles. The zero-order valence-corrected chi connectivity index (χ0v) is 24.8. The lowest BCUT2D eigenvalue weighted by Gasteiger charge is -2.08. The molecule has 206 valence electrons. The van der Waals surface area contributed by atoms with E-state index in [-0.39, 0.29) is 6.10 Å². The van der Waals surface area contributed by atoms with Crippen molar-refractivity contribution in [3.63, 3.8) is 0 Å². The highest BCUT2D eigenvalue weighted by Gasteiger charge is 2.03. The van der Waals surface area contributed by atoms with Gasteiger partial charge in [-0.1, -0.05) is 139 Å². The molecule has 0 aliphatic heterocycles. The number of rotatable bonds is 12. The molecule has 0 aliphatic carbocycles. The van der Waals surface area contributed by atoms with E-state index < -0.39 is 0 Å². The summed E-state index contributed by atoms with van der Waals surface area (Å²) in [5.74, 6) is 0.976. The van der Waals surface area contributed by atoms with Gasteiger partial charge in [-0.15, -0.1) is 0 Å². The minimum Gasteiger partial charge on any atom is -0.494 e. The molecule has 0 fully saturated rings. The van der Waals surface area contributed by atoms with Gasteiger partial charge in [0.15, 0.2) is 0 Å². The zero-order valence-electron chi connectivity index (χ0n) is 24.8. The minimum absolute atomic E-state index is 0.00111. The average Bonchev–Trinajstić information content (AvgIpc) is 2.96. The Morgan fingerprint density at radius 3 is 1.70 bits per heavy atom. The van der Waals surface area contributed by atoms with Crippen molar-refractivity contribution in [1.29, 1.82) is 0 Å². The van der Waals surface area contributed by atoms with Gasteiger partial charge in [-0.25, -0.2) is 9.78 Å². The van der Waals surface area contributed by atoms with Gasteiger partial charge in [0.1, 0.15) is 11.9 Å². The summed E-state index contributed by atoms with van der Waals surface area (Å²) < 4.78 is 5.82. The smallest absolute Gasteiger partial charge is 0.119 e. The Hall–Kier alpha value is -2.62. The maximum atomic E-state index is 5.82. The third-order valence-corrected chi connectivity index (χ3v) is 5.52. The highest BCUT2D eigenvalue weighted by atomic mass is 17.2. The van der Waals surface area contributed by atoms with Gasteiger partial charge < -0.3 is 4.74 Å². The van der Waals surface area contributed by atoms with Gasteiger partial charge in [0, 0.05) is 0 Å². The summed E-state index contributed by atoms with van der Waals surface area (Å²) in [6.45, 7) is 15.1. The Bertz CT molecular complexity index is 858. The van der Waals surface area contributed by atoms with Crippen molar-refractivity contribution in [1.82, 2.24) is 0 Å². The third-order valence-electron chi connectivity index (χ3n) is 5.52. The predicted molar refractivity (Wildman–Crippen MR) is 161 cm³/mol. The van der Waals surface area contributed by atoms with Crippen molar-refractivity contribution in [2.45, 2.75) is 93.1 Å². The van der Waals surface area contributed by atoms with E-state index in [4.69, 9.17) is 9.62 Å². The van der Waals surface area contributed by atoms with Crippen LogP contribution in [0.4, 0.5) is 0 Å². The van der Waals surface area contributed by atoms with Gasteiger partial charge in [-0.2, -0.15) is 0 Å². The molecular weight excluding hydrogens is 456 g/mol. The van der Waals surface area contributed by atoms with Crippen molar-refractivity contribution < 1.29 is 14.5 Å². The Kier molecular flexibility index (Phi) is 22.1. The maximum absolute atomic E-state index is 5.82. The molecule has 3 nitrogen and oxygen atoms in total. The molecule has 37 heavy (non-hydrogen) atoms. The fraction of sp³-hybridized carbons (Fsp3) is 0.471. The SMILES string of the molecule is CC.CC.CCCCCCCCOc1ccc(-c2ccc(C)cc2)cc1.COOC(C)c1ccccc1. The van der Waals surface area contributed by atoms with Crippen LogP contribution in [0.5, 0.6) is 5.75 Å². The molecule has 0 aliphatic rings. The highest BCUT2D eigenvalue weighted by molar-refractivity contribution is 5.64. The Morgan fingerprint density at radius 2 is 1.16 bits per heavy atom. The van der Waals surface area contributed by atoms with Crippen LogP contribution in [0.2, 0.25) is 0 Å². The van der Waals surface area contributed by atoms with Crippen molar-refractivity contribution in [2.75, 3.05) is 13.7 Å². The van der Waals surface area contributed by atoms with Crippen molar-refractivity contribution in [3.05, 3.63) is 90.0 Å². The number of hydrogen-bond acceptors (Lipinski definition) is 3. The van der Waals surface area contributed by atoms with Crippen molar-refractivity contribution in [3.8, 4) is 16.9 Å². The molecule has 1 atom stereocenters. The van der Waals surface area contributed by atoms with E-state index in [1.54, 1.807) is 0 Å². The lowest BCUT2D eigenvalue weighted by Crippen LogP contribution is -1.97. The third kappa shape index (κ3) is 16.0. The van der Waals surface area contributed by atoms with Crippen LogP contribution in [0, 0.1) is 6.92 Å². The Balaban J connectivity index is 0.000000725. The van der Waals surface area contributed by atoms with Gasteiger partial charge >= 0.3 is 0 Å². The van der Waals surface area contributed by atoms with Crippen LogP contribution in [0.15, 0.2) is 78.9 Å². The lowest BCUT2D eigenvalue weighted by molar-refractivity contribution is -0.303. The molecule has 3 aromatic rings. The fourth-order valence-electron chi connectivity index (χ4n) is 3.49. The summed E-state index contributed by atoms with van der Waals surface area (Å²) in [4.78, 5) is 9.49. The van der Waals surface area contributed by atoms with E-state index in [1.807, 2.05) is 65.0 Å². The van der Waals surface area contributed by atoms with Crippen LogP contribution >= 0.6 is 0 Å². The first-order chi connectivity index (χ1) is 18.1. The molecule has 0 N–H and O–H groups in total. The van der Waals surface area contributed by atoms with Gasteiger partial charge in [0.25, 0.3) is 0 Å². The molecule has 0 aromatic heterocycles. The molecule has 3 rings (SSSR count). The van der Waals surface area contributed by atoms with E-state index in [2.05, 4.69) is 67.3 Å². The van der Waals surface area contributed by atoms with Crippen LogP contribution in [0.1, 0.15) is 97.3 Å². The lowest BCUT2D eigenvalue weighted by atomic mass is 10.0. The maximum Gasteiger partial charge on any atom is 0.119 e. The van der Waals surface area contributed by atoms with Crippen LogP contribution in [0.25, 0.3) is 11.1 Å². The monoisotopic (exact) mass is 508 g/mol. The topological polar surface area (TPSA) is 27.7 Å². The fourth-order valence-corrected chi connectivity index (χ4v) is 3.49. The number of unbranched alkanes of at least 4 members (excludes halogenated alkanes) is 5. The molecule has 0 spiro atoms. The van der Waals surface area contributed by atoms with Gasteiger partial charge in [-0.05, 0) is 49.1 Å². The van der Waals surface area contributed by atoms with Crippen molar-refractivity contribution >= 4 is 0 Å². The predicted octanol–water partition coefficient (Wildman–Crippen LogP) is 10.8. The van der Waals surface area contributed by atoms with Crippen LogP contribution in [-0.4, -0.2) is 13.7 Å². The molecule has 0 saturated heterocycles. The second kappa shape index (κ2) is 23.8. The first kappa shape index (κ1) is 34.4. The van der Waals surface area contributed by atoms with Crippen LogP contribution in [-0.2, 0) is 9.78 Å². The number of ether oxygens (including phenoxy) is 1. The molecule has 3 heteroatoms. The summed E-state index contributed by atoms with van der Waals surface area (Å²) in [7, 11) is 1.51. The Labute approximate surface area is 228 Å². The molecule has 0 bridgehead atoms. The summed E-state index contributed by atoms with van der Waals surface area (Å²) in [5.41, 5.74) is 4.91. The highest BCUT2D eigenvalue weighted by Crippen LogP contribution is 2.23. The summed E-state index contributed by atoms with van der Waals surface area (Å²) in [6.07, 6.45) is 7.81. The van der Waals surface area contributed by atoms with E-state index >= 15 is 0 Å². The van der Waals surface area contributed by atoms with E-state index in [0.717, 1.165) is 24.3 Å². The van der Waals surface area contributed by atoms with Crippen LogP contribution in [0.3, 0.4) is 0 Å². The molecular formula is C34H52O3. The normalized spacial score (nSPS) is 10.5. The molecule has 0 amide bonds. The standard InChI is InChI=1S/C21H28O.C9H12O2.2C2H6/c1-3-4-5-6-7-8-17-22-21-15-13-20(14-16-21)19-11-9-18(2)10-12-19;1-8(11-10-2)9-6-4-3-5-7-9;2*1-2/h9-16H,3-8,17H2,1-2H3;3-8H,1-2H3;2*1-2H3. The summed E-state index contributed by atoms with van der Waals surface area (Å²) >= 11 is 0. The van der Waals surface area contributed by atoms with Gasteiger partial charge in [0.05, 0.1) is 13.7 Å². The molecule has 1 unspecified atom stereocenters. The zero-order chi connectivity index (χ0) is 27.7. The number of aryl methyl sites for hydroxylation is 1. The van der Waals surface area contributed by atoms with E-state index in [0.29, 0.717) is 0 Å². The summed E-state index contributed by atoms with van der Waals surface area (Å²) in [6, 6.07) is 27.0. The molecule has 0 saturated carbocycles. The van der Waals surface area contributed by atoms with Gasteiger partial charge in [-0.3, -0.25) is 0 Å². The van der Waals surface area contributed by atoms with E-state index in [1.165, 1.54) is 55.9 Å². The second-order valence-corrected chi connectivity index (χ2v) is 8.32. The minimum atomic E-state index is 0.00111. The number of benzene rings is 3. The average molecular weight is 509 g/mol. The Morgan fingerprint density at radius 1 is 0.649 bits per heavy atom. The quantitative estimate of drug-likeness (QED) is 0.138. The first-order valence-corrected chi connectivity index (χ1v) is 14.2.